The van der Waals surface area contributed by atoms with Crippen molar-refractivity contribution in [1.82, 2.24) is 14.7 Å². The fourth-order valence-corrected chi connectivity index (χ4v) is 3.78. The molecule has 26 heavy (non-hydrogen) atoms. The van der Waals surface area contributed by atoms with Gasteiger partial charge < -0.3 is 10.1 Å². The van der Waals surface area contributed by atoms with Crippen molar-refractivity contribution in [2.24, 2.45) is 0 Å². The average molecular weight is 373 g/mol. The molecule has 1 aromatic carbocycles. The van der Waals surface area contributed by atoms with E-state index in [1.54, 1.807) is 30.5 Å². The van der Waals surface area contributed by atoms with E-state index in [0.29, 0.717) is 0 Å². The number of fused-ring (bicyclic) bond motifs is 1. The van der Waals surface area contributed by atoms with Gasteiger partial charge >= 0.3 is 0 Å². The van der Waals surface area contributed by atoms with Gasteiger partial charge in [0.15, 0.2) is 0 Å². The van der Waals surface area contributed by atoms with Gasteiger partial charge in [0, 0.05) is 29.2 Å². The molecule has 3 N–H and O–H groups in total. The Labute approximate surface area is 153 Å². The highest BCUT2D eigenvalue weighted by molar-refractivity contribution is 7.89. The van der Waals surface area contributed by atoms with Crippen molar-refractivity contribution < 1.29 is 13.5 Å². The summed E-state index contributed by atoms with van der Waals surface area (Å²) in [6.07, 6.45) is 1.74. The number of nitrogens with zero attached hydrogens (tertiary/aromatic N) is 1. The number of hydrogen-bond donors (Lipinski definition) is 3. The van der Waals surface area contributed by atoms with E-state index in [1.165, 1.54) is 0 Å². The van der Waals surface area contributed by atoms with Gasteiger partial charge in [0.25, 0.3) is 0 Å². The summed E-state index contributed by atoms with van der Waals surface area (Å²) in [7, 11) is -3.61. The summed E-state index contributed by atoms with van der Waals surface area (Å²) in [4.78, 5) is 7.94. The summed E-state index contributed by atoms with van der Waals surface area (Å²) in [5.74, 6) is 0. The molecule has 0 radical (unpaired) electrons. The van der Waals surface area contributed by atoms with Crippen LogP contribution in [0.5, 0.6) is 0 Å². The fraction of sp³-hybridized carbons (Fsp3) is 0.316. The lowest BCUT2D eigenvalue weighted by atomic mass is 9.92. The maximum atomic E-state index is 12.1. The second kappa shape index (κ2) is 6.83. The number of hydrogen-bond acceptors (Lipinski definition) is 4. The molecule has 0 unspecified atom stereocenters. The summed E-state index contributed by atoms with van der Waals surface area (Å²) in [6, 6.07) is 10.7. The molecule has 0 amide bonds. The van der Waals surface area contributed by atoms with E-state index in [9.17, 15) is 8.42 Å². The van der Waals surface area contributed by atoms with Crippen LogP contribution in [-0.4, -0.2) is 36.6 Å². The lowest BCUT2D eigenvalue weighted by Gasteiger charge is -2.15. The van der Waals surface area contributed by atoms with E-state index in [0.717, 1.165) is 27.9 Å². The molecule has 7 heteroatoms. The van der Waals surface area contributed by atoms with Crippen LogP contribution in [0.4, 0.5) is 0 Å². The minimum Gasteiger partial charge on any atom is -0.395 e. The largest absolute Gasteiger partial charge is 0.395 e. The molecule has 0 atom stereocenters. The number of aromatic amines is 1. The Kier molecular flexibility index (Phi) is 4.88. The first-order valence-electron chi connectivity index (χ1n) is 8.41. The molecule has 6 nitrogen and oxygen atoms in total. The maximum Gasteiger partial charge on any atom is 0.240 e. The van der Waals surface area contributed by atoms with Crippen LogP contribution in [0, 0.1) is 0 Å². The Bertz CT molecular complexity index is 1020. The Morgan fingerprint density at radius 2 is 1.85 bits per heavy atom. The van der Waals surface area contributed by atoms with Gasteiger partial charge in [-0.15, -0.1) is 0 Å². The van der Waals surface area contributed by atoms with E-state index in [1.807, 2.05) is 6.07 Å². The smallest absolute Gasteiger partial charge is 0.240 e. The van der Waals surface area contributed by atoms with Crippen LogP contribution in [0.25, 0.3) is 22.2 Å². The summed E-state index contributed by atoms with van der Waals surface area (Å²) in [6.45, 7) is 6.16. The third kappa shape index (κ3) is 3.65. The zero-order valence-corrected chi connectivity index (χ0v) is 15.9. The van der Waals surface area contributed by atoms with Crippen molar-refractivity contribution in [3.05, 3.63) is 48.3 Å². The predicted molar refractivity (Wildman–Crippen MR) is 103 cm³/mol. The summed E-state index contributed by atoms with van der Waals surface area (Å²) < 4.78 is 26.6. The quantitative estimate of drug-likeness (QED) is 0.641. The van der Waals surface area contributed by atoms with E-state index >= 15 is 0 Å². The van der Waals surface area contributed by atoms with E-state index in [-0.39, 0.29) is 23.5 Å². The third-order valence-corrected chi connectivity index (χ3v) is 5.70. The highest BCUT2D eigenvalue weighted by Gasteiger charge is 2.19. The Morgan fingerprint density at radius 3 is 2.46 bits per heavy atom. The number of H-pyrrole nitrogens is 1. The number of sulfonamides is 1. The lowest BCUT2D eigenvalue weighted by Crippen LogP contribution is -2.26. The van der Waals surface area contributed by atoms with Gasteiger partial charge in [-0.05, 0) is 35.4 Å². The number of rotatable bonds is 5. The van der Waals surface area contributed by atoms with E-state index in [4.69, 9.17) is 5.11 Å². The van der Waals surface area contributed by atoms with Crippen LogP contribution in [0.1, 0.15) is 26.5 Å². The Morgan fingerprint density at radius 1 is 1.15 bits per heavy atom. The minimum absolute atomic E-state index is 0.00596. The lowest BCUT2D eigenvalue weighted by molar-refractivity contribution is 0.301. The van der Waals surface area contributed by atoms with Crippen LogP contribution >= 0.6 is 0 Å². The number of nitrogens with one attached hydrogen (secondary N) is 2. The molecule has 0 fully saturated rings. The molecule has 138 valence electrons. The summed E-state index contributed by atoms with van der Waals surface area (Å²) in [5, 5.41) is 9.80. The first kappa shape index (κ1) is 18.6. The van der Waals surface area contributed by atoms with Gasteiger partial charge in [-0.25, -0.2) is 18.1 Å². The van der Waals surface area contributed by atoms with Crippen LogP contribution in [0.2, 0.25) is 0 Å². The minimum atomic E-state index is -3.61. The number of aliphatic hydroxyl groups is 1. The first-order valence-corrected chi connectivity index (χ1v) is 9.90. The second-order valence-corrected chi connectivity index (χ2v) is 8.97. The molecule has 2 heterocycles. The van der Waals surface area contributed by atoms with Crippen molar-refractivity contribution in [1.29, 1.82) is 0 Å². The monoisotopic (exact) mass is 373 g/mol. The van der Waals surface area contributed by atoms with Crippen molar-refractivity contribution >= 4 is 21.1 Å². The van der Waals surface area contributed by atoms with Gasteiger partial charge in [0.2, 0.25) is 10.0 Å². The molecule has 0 bridgehead atoms. The van der Waals surface area contributed by atoms with Crippen LogP contribution in [-0.2, 0) is 15.4 Å². The molecule has 0 aliphatic heterocycles. The molecule has 0 saturated carbocycles. The molecular weight excluding hydrogens is 350 g/mol. The standard InChI is InChI=1S/C19H23N3O3S/c1-19(2,3)17-12-16-15(8-9-20-18(16)22-17)13-4-6-14(7-5-13)26(24,25)21-10-11-23/h4-9,12,21,23H,10-11H2,1-3H3,(H,20,22). The van der Waals surface area contributed by atoms with Gasteiger partial charge in [-0.1, -0.05) is 32.9 Å². The van der Waals surface area contributed by atoms with Crippen molar-refractivity contribution in [2.75, 3.05) is 13.2 Å². The van der Waals surface area contributed by atoms with Gasteiger partial charge in [-0.3, -0.25) is 0 Å². The fourth-order valence-electron chi connectivity index (χ4n) is 2.76. The van der Waals surface area contributed by atoms with E-state index in [2.05, 4.69) is 41.5 Å². The van der Waals surface area contributed by atoms with Gasteiger partial charge in [0.05, 0.1) is 11.5 Å². The summed E-state index contributed by atoms with van der Waals surface area (Å²) >= 11 is 0. The van der Waals surface area contributed by atoms with Crippen molar-refractivity contribution in [3.63, 3.8) is 0 Å². The zero-order chi connectivity index (χ0) is 18.9. The molecule has 3 aromatic rings. The molecule has 0 spiro atoms. The molecule has 3 rings (SSSR count). The number of benzene rings is 1. The zero-order valence-electron chi connectivity index (χ0n) is 15.1. The van der Waals surface area contributed by atoms with Gasteiger partial charge in [0.1, 0.15) is 5.65 Å². The van der Waals surface area contributed by atoms with E-state index < -0.39 is 10.0 Å². The number of aliphatic hydroxyl groups excluding tert-OH is 1. The molecular formula is C19H23N3O3S. The highest BCUT2D eigenvalue weighted by Crippen LogP contribution is 2.32. The SMILES string of the molecule is CC(C)(C)c1cc2c(-c3ccc(S(=O)(=O)NCCO)cc3)ccnc2[nH]1. The first-order chi connectivity index (χ1) is 12.2. The van der Waals surface area contributed by atoms with Crippen LogP contribution in [0.15, 0.2) is 47.5 Å². The second-order valence-electron chi connectivity index (χ2n) is 7.20. The average Bonchev–Trinajstić information content (AvgIpc) is 3.05. The Balaban J connectivity index is 2.01. The number of aromatic nitrogens is 2. The van der Waals surface area contributed by atoms with Crippen LogP contribution in [0.3, 0.4) is 0 Å². The predicted octanol–water partition coefficient (Wildman–Crippen LogP) is 2.80. The van der Waals surface area contributed by atoms with Crippen molar-refractivity contribution in [3.8, 4) is 11.1 Å². The topological polar surface area (TPSA) is 95.1 Å². The highest BCUT2D eigenvalue weighted by atomic mass is 32.2. The maximum absolute atomic E-state index is 12.1. The molecule has 0 saturated heterocycles. The third-order valence-electron chi connectivity index (χ3n) is 4.22. The Hall–Kier alpha value is -2.22. The normalized spacial score (nSPS) is 12.6. The summed E-state index contributed by atoms with van der Waals surface area (Å²) in [5.41, 5.74) is 3.80. The van der Waals surface area contributed by atoms with Crippen molar-refractivity contribution in [2.45, 2.75) is 31.1 Å². The molecule has 2 aromatic heterocycles. The van der Waals surface area contributed by atoms with Gasteiger partial charge in [-0.2, -0.15) is 0 Å². The van der Waals surface area contributed by atoms with Crippen LogP contribution < -0.4 is 4.72 Å². The number of pyridine rings is 1. The molecule has 0 aliphatic carbocycles. The molecule has 0 aliphatic rings.